The van der Waals surface area contributed by atoms with Crippen molar-refractivity contribution in [1.82, 2.24) is 0 Å². The molecular weight excluding hydrogens is 564 g/mol. The molecule has 0 radical (unpaired) electrons. The fourth-order valence-corrected chi connectivity index (χ4v) is 5.32. The maximum atomic E-state index is 12.3. The third-order valence-corrected chi connectivity index (χ3v) is 7.23. The smallest absolute Gasteiger partial charge is 0.303 e. The lowest BCUT2D eigenvalue weighted by Crippen LogP contribution is -2.67. The molecule has 1 aliphatic carbocycles. The van der Waals surface area contributed by atoms with Crippen LogP contribution in [0.3, 0.4) is 0 Å². The van der Waals surface area contributed by atoms with Gasteiger partial charge < -0.3 is 37.9 Å². The average Bonchev–Trinajstić information content (AvgIpc) is 2.91. The zero-order chi connectivity index (χ0) is 30.3. The summed E-state index contributed by atoms with van der Waals surface area (Å²) >= 11 is 6.51. The lowest BCUT2D eigenvalue weighted by molar-refractivity contribution is -0.367. The van der Waals surface area contributed by atoms with Crippen LogP contribution in [-0.4, -0.2) is 81.3 Å². The molecular formula is C28H37ClO12. The van der Waals surface area contributed by atoms with Gasteiger partial charge in [-0.05, 0) is 37.8 Å². The Balaban J connectivity index is 2.10. The van der Waals surface area contributed by atoms with E-state index in [0.717, 1.165) is 46.5 Å². The number of hydrogen-bond acceptors (Lipinski definition) is 12. The van der Waals surface area contributed by atoms with E-state index in [4.69, 9.17) is 49.5 Å². The van der Waals surface area contributed by atoms with Crippen molar-refractivity contribution in [1.29, 1.82) is 0 Å². The predicted molar refractivity (Wildman–Crippen MR) is 142 cm³/mol. The molecule has 1 aromatic rings. The van der Waals surface area contributed by atoms with Gasteiger partial charge >= 0.3 is 23.9 Å². The fraction of sp³-hybridized carbons (Fsp3) is 0.643. The van der Waals surface area contributed by atoms with E-state index < -0.39 is 60.7 Å². The van der Waals surface area contributed by atoms with Crippen molar-refractivity contribution in [3.63, 3.8) is 0 Å². The summed E-state index contributed by atoms with van der Waals surface area (Å²) in [5.41, 5.74) is 0.294. The molecule has 1 heterocycles. The Hall–Kier alpha value is -2.93. The highest BCUT2D eigenvalue weighted by Gasteiger charge is 2.61. The van der Waals surface area contributed by atoms with E-state index in [9.17, 15) is 19.2 Å². The van der Waals surface area contributed by atoms with Crippen LogP contribution in [0.4, 0.5) is 0 Å². The summed E-state index contributed by atoms with van der Waals surface area (Å²) in [7, 11) is 2.99. The number of benzene rings is 1. The molecule has 41 heavy (non-hydrogen) atoms. The molecule has 1 saturated heterocycles. The van der Waals surface area contributed by atoms with E-state index in [0.29, 0.717) is 16.3 Å². The molecule has 0 amide bonds. The number of ether oxygens (including phenoxy) is 8. The standard InChI is InChI=1S/C28H37ClO12/c1-15(30)36-14-24-25(37-16(2)31)26(38-17(3)32)27(39-18(4)33)28(35-6,41-24)19-7-12-22(29)23(13-19)40-21-10-8-20(34-5)9-11-21/h7,12-13,20-21,24-27H,8-11,14H2,1-6H3/t20?,21?,24-,25-,26+,27-,28?/m1/s1. The van der Waals surface area contributed by atoms with E-state index in [1.807, 2.05) is 0 Å². The number of carbonyl (C=O) groups is 4. The molecule has 1 unspecified atom stereocenters. The summed E-state index contributed by atoms with van der Waals surface area (Å²) in [4.78, 5) is 48.3. The van der Waals surface area contributed by atoms with Gasteiger partial charge in [-0.2, -0.15) is 0 Å². The van der Waals surface area contributed by atoms with Gasteiger partial charge in [0.05, 0.1) is 17.2 Å². The Morgan fingerprint density at radius 2 is 1.44 bits per heavy atom. The van der Waals surface area contributed by atoms with Crippen molar-refractivity contribution in [3.8, 4) is 5.75 Å². The van der Waals surface area contributed by atoms with Crippen LogP contribution in [0.5, 0.6) is 5.75 Å². The highest BCUT2D eigenvalue weighted by Crippen LogP contribution is 2.45. The molecule has 0 aromatic heterocycles. The lowest BCUT2D eigenvalue weighted by Gasteiger charge is -2.50. The summed E-state index contributed by atoms with van der Waals surface area (Å²) in [6.07, 6.45) is -2.21. The first-order chi connectivity index (χ1) is 19.4. The number of rotatable bonds is 10. The first-order valence-electron chi connectivity index (χ1n) is 13.3. The van der Waals surface area contributed by atoms with Crippen LogP contribution in [-0.2, 0) is 58.1 Å². The van der Waals surface area contributed by atoms with Gasteiger partial charge in [0.2, 0.25) is 11.9 Å². The molecule has 2 fully saturated rings. The van der Waals surface area contributed by atoms with Crippen molar-refractivity contribution >= 4 is 35.5 Å². The Bertz CT molecular complexity index is 1100. The van der Waals surface area contributed by atoms with Crippen LogP contribution in [0.25, 0.3) is 0 Å². The molecule has 13 heteroatoms. The molecule has 1 aromatic carbocycles. The molecule has 12 nitrogen and oxygen atoms in total. The van der Waals surface area contributed by atoms with Gasteiger partial charge in [0.1, 0.15) is 18.5 Å². The van der Waals surface area contributed by atoms with Gasteiger partial charge in [0.25, 0.3) is 0 Å². The topological polar surface area (TPSA) is 142 Å². The number of hydrogen-bond donors (Lipinski definition) is 0. The third-order valence-electron chi connectivity index (χ3n) is 6.92. The minimum absolute atomic E-state index is 0.122. The lowest BCUT2D eigenvalue weighted by atomic mass is 9.87. The van der Waals surface area contributed by atoms with Gasteiger partial charge in [0.15, 0.2) is 12.2 Å². The second kappa shape index (κ2) is 14.3. The molecule has 228 valence electrons. The minimum Gasteiger partial charge on any atom is -0.489 e. The van der Waals surface area contributed by atoms with Crippen LogP contribution in [0.2, 0.25) is 5.02 Å². The summed E-state index contributed by atoms with van der Waals surface area (Å²) in [6.45, 7) is 4.25. The first kappa shape index (κ1) is 32.6. The maximum absolute atomic E-state index is 12.3. The Morgan fingerprint density at radius 3 is 1.98 bits per heavy atom. The SMILES string of the molecule is COC1CCC(Oc2cc(C3(OC)O[C@H](COC(C)=O)[C@@H](OC(C)=O)[C@H](OC(C)=O)[C@H]3OC(C)=O)ccc2Cl)CC1. The van der Waals surface area contributed by atoms with E-state index in [1.54, 1.807) is 25.3 Å². The molecule has 3 rings (SSSR count). The van der Waals surface area contributed by atoms with Crippen molar-refractivity contribution < 1.29 is 57.1 Å². The second-order valence-electron chi connectivity index (χ2n) is 9.91. The molecule has 1 saturated carbocycles. The van der Waals surface area contributed by atoms with Crippen LogP contribution in [0, 0.1) is 0 Å². The summed E-state index contributed by atoms with van der Waals surface area (Å²) < 4.78 is 45.8. The predicted octanol–water partition coefficient (Wildman–Crippen LogP) is 3.23. The van der Waals surface area contributed by atoms with Crippen molar-refractivity contribution in [2.45, 2.75) is 95.8 Å². The monoisotopic (exact) mass is 600 g/mol. The zero-order valence-electron chi connectivity index (χ0n) is 24.0. The van der Waals surface area contributed by atoms with Crippen molar-refractivity contribution in [2.24, 2.45) is 0 Å². The van der Waals surface area contributed by atoms with Crippen LogP contribution >= 0.6 is 11.6 Å². The fourth-order valence-electron chi connectivity index (χ4n) is 5.16. The van der Waals surface area contributed by atoms with Crippen molar-refractivity contribution in [2.75, 3.05) is 20.8 Å². The Morgan fingerprint density at radius 1 is 0.854 bits per heavy atom. The van der Waals surface area contributed by atoms with Gasteiger partial charge in [-0.15, -0.1) is 0 Å². The van der Waals surface area contributed by atoms with Crippen LogP contribution < -0.4 is 4.74 Å². The van der Waals surface area contributed by atoms with Gasteiger partial charge in [0, 0.05) is 47.5 Å². The van der Waals surface area contributed by atoms with E-state index >= 15 is 0 Å². The molecule has 0 bridgehead atoms. The van der Waals surface area contributed by atoms with Crippen LogP contribution in [0.15, 0.2) is 18.2 Å². The van der Waals surface area contributed by atoms with Gasteiger partial charge in [-0.25, -0.2) is 0 Å². The summed E-state index contributed by atoms with van der Waals surface area (Å²) in [5.74, 6) is -4.49. The molecule has 1 aliphatic heterocycles. The van der Waals surface area contributed by atoms with Crippen molar-refractivity contribution in [3.05, 3.63) is 28.8 Å². The maximum Gasteiger partial charge on any atom is 0.303 e. The largest absolute Gasteiger partial charge is 0.489 e. The molecule has 5 atom stereocenters. The van der Waals surface area contributed by atoms with E-state index in [2.05, 4.69) is 0 Å². The van der Waals surface area contributed by atoms with Gasteiger partial charge in [-0.1, -0.05) is 17.7 Å². The molecule has 0 N–H and O–H groups in total. The number of esters is 4. The third kappa shape index (κ3) is 8.09. The van der Waals surface area contributed by atoms with E-state index in [-0.39, 0.29) is 12.2 Å². The minimum atomic E-state index is -1.94. The van der Waals surface area contributed by atoms with E-state index in [1.165, 1.54) is 14.0 Å². The normalized spacial score (nSPS) is 29.6. The average molecular weight is 601 g/mol. The highest BCUT2D eigenvalue weighted by atomic mass is 35.5. The molecule has 0 spiro atoms. The molecule has 2 aliphatic rings. The zero-order valence-corrected chi connectivity index (χ0v) is 24.8. The second-order valence-corrected chi connectivity index (χ2v) is 10.3. The first-order valence-corrected chi connectivity index (χ1v) is 13.6. The Kier molecular flexibility index (Phi) is 11.4. The quantitative estimate of drug-likeness (QED) is 0.287. The number of carbonyl (C=O) groups excluding carboxylic acids is 4. The summed E-state index contributed by atoms with van der Waals surface area (Å²) in [6, 6.07) is 4.74. The van der Waals surface area contributed by atoms with Crippen LogP contribution in [0.1, 0.15) is 58.9 Å². The Labute approximate surface area is 243 Å². The summed E-state index contributed by atoms with van der Waals surface area (Å²) in [5, 5.41) is 0.319. The number of halogens is 1. The van der Waals surface area contributed by atoms with Gasteiger partial charge in [-0.3, -0.25) is 19.2 Å². The highest BCUT2D eigenvalue weighted by molar-refractivity contribution is 6.32. The number of methoxy groups -OCH3 is 2.